The minimum atomic E-state index is -0.407. The van der Waals surface area contributed by atoms with Gasteiger partial charge in [0.2, 0.25) is 0 Å². The highest BCUT2D eigenvalue weighted by Gasteiger charge is 2.25. The van der Waals surface area contributed by atoms with Gasteiger partial charge in [-0.2, -0.15) is 0 Å². The second-order valence-electron chi connectivity index (χ2n) is 7.94. The van der Waals surface area contributed by atoms with Gasteiger partial charge >= 0.3 is 0 Å². The third kappa shape index (κ3) is 4.53. The molecular formula is C22H29N5O3. The highest BCUT2D eigenvalue weighted by atomic mass is 16.5. The summed E-state index contributed by atoms with van der Waals surface area (Å²) in [5, 5.41) is 14.7. The molecule has 0 bridgehead atoms. The number of benzene rings is 1. The topological polar surface area (TPSA) is 98.1 Å². The number of anilines is 1. The monoisotopic (exact) mass is 411 g/mol. The fraction of sp³-hybridized carbons (Fsp3) is 0.545. The molecule has 8 heteroatoms. The fourth-order valence-corrected chi connectivity index (χ4v) is 4.10. The molecule has 0 saturated carbocycles. The summed E-state index contributed by atoms with van der Waals surface area (Å²) in [7, 11) is 0. The Hall–Kier alpha value is -2.74. The van der Waals surface area contributed by atoms with E-state index in [9.17, 15) is 9.59 Å². The molecule has 2 aliphatic rings. The number of nitrogens with one attached hydrogen (secondary N) is 2. The highest BCUT2D eigenvalue weighted by Crippen LogP contribution is 2.22. The van der Waals surface area contributed by atoms with Crippen LogP contribution in [0.3, 0.4) is 0 Å². The van der Waals surface area contributed by atoms with Gasteiger partial charge in [0.1, 0.15) is 11.9 Å². The molecule has 160 valence electrons. The predicted molar refractivity (Wildman–Crippen MR) is 112 cm³/mol. The first kappa shape index (κ1) is 20.5. The summed E-state index contributed by atoms with van der Waals surface area (Å²) >= 11 is 0. The maximum atomic E-state index is 12.9. The molecule has 3 heterocycles. The van der Waals surface area contributed by atoms with Crippen LogP contribution in [0.25, 0.3) is 0 Å². The average molecular weight is 412 g/mol. The van der Waals surface area contributed by atoms with Crippen molar-refractivity contribution in [1.82, 2.24) is 20.1 Å². The summed E-state index contributed by atoms with van der Waals surface area (Å²) in [6.07, 6.45) is 6.30. The van der Waals surface area contributed by atoms with E-state index in [2.05, 4.69) is 25.4 Å². The molecule has 8 nitrogen and oxygen atoms in total. The lowest BCUT2D eigenvalue weighted by molar-refractivity contribution is -0.124. The zero-order chi connectivity index (χ0) is 20.9. The minimum absolute atomic E-state index is 0.164. The van der Waals surface area contributed by atoms with Crippen molar-refractivity contribution < 1.29 is 14.3 Å². The first-order valence-corrected chi connectivity index (χ1v) is 10.9. The van der Waals surface area contributed by atoms with Crippen molar-refractivity contribution in [1.29, 1.82) is 0 Å². The zero-order valence-electron chi connectivity index (χ0n) is 17.4. The highest BCUT2D eigenvalue weighted by molar-refractivity contribution is 5.98. The average Bonchev–Trinajstić information content (AvgIpc) is 3.38. The second kappa shape index (κ2) is 9.38. The van der Waals surface area contributed by atoms with Crippen molar-refractivity contribution in [3.8, 4) is 0 Å². The van der Waals surface area contributed by atoms with Crippen LogP contribution in [0.1, 0.15) is 73.5 Å². The number of carbonyl (C=O) groups excluding carboxylic acids is 2. The fourth-order valence-electron chi connectivity index (χ4n) is 4.10. The molecule has 2 aromatic rings. The standard InChI is InChI=1S/C22H29N5O3/c1-2-17(20-26-25-19-11-4-3-5-12-27(19)20)24-21(28)15-8-6-9-16(14-15)23-22(29)18-10-7-13-30-18/h6,8-9,14,17-18H,2-5,7,10-13H2,1H3,(H,23,29)(H,24,28)/t17-,18-/m0/s1. The van der Waals surface area contributed by atoms with Crippen molar-refractivity contribution in [3.63, 3.8) is 0 Å². The molecule has 1 aromatic carbocycles. The van der Waals surface area contributed by atoms with Gasteiger partial charge in [-0.15, -0.1) is 10.2 Å². The van der Waals surface area contributed by atoms with Crippen LogP contribution in [0.4, 0.5) is 5.69 Å². The van der Waals surface area contributed by atoms with Crippen molar-refractivity contribution >= 4 is 17.5 Å². The lowest BCUT2D eigenvalue weighted by Gasteiger charge is -2.18. The van der Waals surface area contributed by atoms with Crippen molar-refractivity contribution in [2.24, 2.45) is 0 Å². The van der Waals surface area contributed by atoms with E-state index in [0.29, 0.717) is 17.9 Å². The Labute approximate surface area is 176 Å². The van der Waals surface area contributed by atoms with Gasteiger partial charge in [0.25, 0.3) is 11.8 Å². The van der Waals surface area contributed by atoms with Crippen LogP contribution in [0.2, 0.25) is 0 Å². The summed E-state index contributed by atoms with van der Waals surface area (Å²) in [6, 6.07) is 6.78. The number of fused-ring (bicyclic) bond motifs is 1. The van der Waals surface area contributed by atoms with E-state index >= 15 is 0 Å². The van der Waals surface area contributed by atoms with E-state index in [1.165, 1.54) is 6.42 Å². The molecular weight excluding hydrogens is 382 g/mol. The first-order chi connectivity index (χ1) is 14.7. The van der Waals surface area contributed by atoms with Crippen LogP contribution in [0.5, 0.6) is 0 Å². The number of hydrogen-bond acceptors (Lipinski definition) is 5. The minimum Gasteiger partial charge on any atom is -0.368 e. The number of rotatable bonds is 6. The summed E-state index contributed by atoms with van der Waals surface area (Å²) < 4.78 is 7.59. The van der Waals surface area contributed by atoms with Gasteiger partial charge in [-0.05, 0) is 50.3 Å². The zero-order valence-corrected chi connectivity index (χ0v) is 17.4. The summed E-state index contributed by atoms with van der Waals surface area (Å²) in [5.74, 6) is 1.48. The van der Waals surface area contributed by atoms with E-state index in [1.54, 1.807) is 24.3 Å². The summed E-state index contributed by atoms with van der Waals surface area (Å²) in [6.45, 7) is 3.54. The molecule has 1 fully saturated rings. The number of carbonyl (C=O) groups is 2. The van der Waals surface area contributed by atoms with Crippen LogP contribution < -0.4 is 10.6 Å². The van der Waals surface area contributed by atoms with Gasteiger partial charge in [-0.25, -0.2) is 0 Å². The first-order valence-electron chi connectivity index (χ1n) is 10.9. The number of ether oxygens (including phenoxy) is 1. The third-order valence-corrected chi connectivity index (χ3v) is 5.78. The van der Waals surface area contributed by atoms with E-state index in [4.69, 9.17) is 4.74 Å². The Morgan fingerprint density at radius 1 is 1.23 bits per heavy atom. The molecule has 0 unspecified atom stereocenters. The molecule has 0 aliphatic carbocycles. The Kier molecular flexibility index (Phi) is 6.42. The summed E-state index contributed by atoms with van der Waals surface area (Å²) in [5.41, 5.74) is 1.08. The summed E-state index contributed by atoms with van der Waals surface area (Å²) in [4.78, 5) is 25.2. The van der Waals surface area contributed by atoms with E-state index in [1.807, 2.05) is 6.92 Å². The largest absolute Gasteiger partial charge is 0.368 e. The number of hydrogen-bond donors (Lipinski definition) is 2. The lowest BCUT2D eigenvalue weighted by Crippen LogP contribution is -2.31. The molecule has 1 aromatic heterocycles. The number of aromatic nitrogens is 3. The van der Waals surface area contributed by atoms with Crippen LogP contribution >= 0.6 is 0 Å². The molecule has 0 radical (unpaired) electrons. The molecule has 2 aliphatic heterocycles. The molecule has 0 spiro atoms. The molecule has 2 atom stereocenters. The van der Waals surface area contributed by atoms with Crippen molar-refractivity contribution in [2.75, 3.05) is 11.9 Å². The Morgan fingerprint density at radius 3 is 2.93 bits per heavy atom. The molecule has 2 N–H and O–H groups in total. The molecule has 4 rings (SSSR count). The normalized spacial score (nSPS) is 19.6. The molecule has 2 amide bonds. The van der Waals surface area contributed by atoms with Crippen molar-refractivity contribution in [3.05, 3.63) is 41.5 Å². The SMILES string of the molecule is CC[C@H](NC(=O)c1cccc(NC(=O)[C@@H]2CCCO2)c1)c1nnc2n1CCCCC2. The van der Waals surface area contributed by atoms with Gasteiger partial charge in [0, 0.05) is 30.8 Å². The van der Waals surface area contributed by atoms with Gasteiger partial charge in [-0.3, -0.25) is 9.59 Å². The van der Waals surface area contributed by atoms with E-state index in [0.717, 1.165) is 56.7 Å². The molecule has 30 heavy (non-hydrogen) atoms. The number of nitrogens with zero attached hydrogens (tertiary/aromatic N) is 3. The van der Waals surface area contributed by atoms with Crippen LogP contribution in [-0.2, 0) is 22.5 Å². The smallest absolute Gasteiger partial charge is 0.253 e. The van der Waals surface area contributed by atoms with Gasteiger partial charge in [-0.1, -0.05) is 19.4 Å². The third-order valence-electron chi connectivity index (χ3n) is 5.78. The van der Waals surface area contributed by atoms with Gasteiger partial charge in [0.15, 0.2) is 5.82 Å². The Morgan fingerprint density at radius 2 is 2.13 bits per heavy atom. The Balaban J connectivity index is 1.45. The van der Waals surface area contributed by atoms with Crippen LogP contribution in [-0.4, -0.2) is 39.3 Å². The van der Waals surface area contributed by atoms with Crippen molar-refractivity contribution in [2.45, 2.75) is 70.6 Å². The Bertz CT molecular complexity index is 904. The lowest BCUT2D eigenvalue weighted by atomic mass is 10.1. The maximum Gasteiger partial charge on any atom is 0.253 e. The van der Waals surface area contributed by atoms with E-state index < -0.39 is 6.10 Å². The maximum absolute atomic E-state index is 12.9. The second-order valence-corrected chi connectivity index (χ2v) is 7.94. The molecule has 1 saturated heterocycles. The predicted octanol–water partition coefficient (Wildman–Crippen LogP) is 3.00. The van der Waals surface area contributed by atoms with E-state index in [-0.39, 0.29) is 17.9 Å². The quantitative estimate of drug-likeness (QED) is 0.761. The van der Waals surface area contributed by atoms with Gasteiger partial charge in [0.05, 0.1) is 6.04 Å². The number of aryl methyl sites for hydroxylation is 1. The van der Waals surface area contributed by atoms with Crippen LogP contribution in [0, 0.1) is 0 Å². The number of amides is 2. The van der Waals surface area contributed by atoms with Gasteiger partial charge < -0.3 is 19.9 Å². The van der Waals surface area contributed by atoms with Crippen LogP contribution in [0.15, 0.2) is 24.3 Å².